The fraction of sp³-hybridized carbons (Fsp3) is 0. The summed E-state index contributed by atoms with van der Waals surface area (Å²) in [6.07, 6.45) is 1.35. The number of halogens is 1. The van der Waals surface area contributed by atoms with Gasteiger partial charge in [-0.15, -0.1) is 10.2 Å². The molecule has 0 saturated carbocycles. The second-order valence-corrected chi connectivity index (χ2v) is 2.36. The van der Waals surface area contributed by atoms with Crippen LogP contribution in [0.1, 0.15) is 10.6 Å². The van der Waals surface area contributed by atoms with Gasteiger partial charge in [0.1, 0.15) is 5.97 Å². The van der Waals surface area contributed by atoms with Crippen LogP contribution in [0.3, 0.4) is 0 Å². The van der Waals surface area contributed by atoms with E-state index >= 15 is 0 Å². The summed E-state index contributed by atoms with van der Waals surface area (Å²) in [6.45, 7) is 0. The molecule has 2 aromatic rings. The molecule has 0 fully saturated rings. The maximum Gasteiger partial charge on any atom is 1.00 e. The molecule has 0 N–H and O–H groups in total. The molecule has 0 spiro atoms. The maximum absolute atomic E-state index is 12.9. The van der Waals surface area contributed by atoms with Crippen LogP contribution in [0.15, 0.2) is 18.3 Å². The normalized spacial score (nSPS) is 9.79. The third kappa shape index (κ3) is 1.63. The van der Waals surface area contributed by atoms with Gasteiger partial charge in [0.2, 0.25) is 0 Å². The van der Waals surface area contributed by atoms with Crippen LogP contribution in [0.25, 0.3) is 5.65 Å². The van der Waals surface area contributed by atoms with Gasteiger partial charge >= 0.3 is 29.6 Å². The van der Waals surface area contributed by atoms with E-state index in [1.807, 2.05) is 0 Å². The van der Waals surface area contributed by atoms with Crippen LogP contribution in [-0.2, 0) is 0 Å². The summed E-state index contributed by atoms with van der Waals surface area (Å²) in [5, 5.41) is 17.1. The second-order valence-electron chi connectivity index (χ2n) is 2.36. The quantitative estimate of drug-likeness (QED) is 0.446. The Morgan fingerprint density at radius 2 is 2.21 bits per heavy atom. The minimum absolute atomic E-state index is 0. The number of pyridine rings is 1. The molecule has 0 aromatic carbocycles. The molecule has 0 radical (unpaired) electrons. The Morgan fingerprint density at radius 1 is 1.50 bits per heavy atom. The third-order valence-corrected chi connectivity index (χ3v) is 1.57. The van der Waals surface area contributed by atoms with E-state index in [4.69, 9.17) is 0 Å². The van der Waals surface area contributed by atoms with Gasteiger partial charge in [-0.2, -0.15) is 0 Å². The van der Waals surface area contributed by atoms with Crippen molar-refractivity contribution in [1.82, 2.24) is 14.6 Å². The SMILES string of the molecule is O=C([O-])c1nnc2c(F)cccn12.[Na+]. The molecule has 14 heavy (non-hydrogen) atoms. The zero-order valence-corrected chi connectivity index (χ0v) is 9.27. The molecular formula is C7H3FN3NaO2. The molecule has 2 rings (SSSR count). The van der Waals surface area contributed by atoms with Gasteiger partial charge in [-0.25, -0.2) is 4.39 Å². The monoisotopic (exact) mass is 203 g/mol. The summed E-state index contributed by atoms with van der Waals surface area (Å²) in [5.74, 6) is -2.52. The molecule has 0 aliphatic rings. The van der Waals surface area contributed by atoms with Gasteiger partial charge in [0.25, 0.3) is 0 Å². The van der Waals surface area contributed by atoms with E-state index in [1.54, 1.807) is 0 Å². The van der Waals surface area contributed by atoms with Gasteiger partial charge in [-0.3, -0.25) is 4.40 Å². The number of hydrogen-bond donors (Lipinski definition) is 0. The number of aromatic nitrogens is 3. The molecule has 2 aromatic heterocycles. The molecule has 7 heteroatoms. The number of fused-ring (bicyclic) bond motifs is 1. The number of hydrogen-bond acceptors (Lipinski definition) is 4. The summed E-state index contributed by atoms with van der Waals surface area (Å²) in [6, 6.07) is 2.53. The van der Waals surface area contributed by atoms with Crippen molar-refractivity contribution in [1.29, 1.82) is 0 Å². The van der Waals surface area contributed by atoms with Crippen LogP contribution in [0.2, 0.25) is 0 Å². The second kappa shape index (κ2) is 4.04. The molecule has 5 nitrogen and oxygen atoms in total. The molecule has 66 valence electrons. The number of nitrogens with zero attached hydrogens (tertiary/aromatic N) is 3. The Bertz CT molecular complexity index is 485. The maximum atomic E-state index is 12.9. The Balaban J connectivity index is 0.000000980. The molecule has 0 aliphatic carbocycles. The minimum atomic E-state index is -1.49. The van der Waals surface area contributed by atoms with Crippen LogP contribution in [0, 0.1) is 5.82 Å². The van der Waals surface area contributed by atoms with Gasteiger partial charge < -0.3 is 9.90 Å². The van der Waals surface area contributed by atoms with Crippen LogP contribution >= 0.6 is 0 Å². The molecular weight excluding hydrogens is 200 g/mol. The Labute approximate surface area is 99.9 Å². The van der Waals surface area contributed by atoms with Crippen molar-refractivity contribution in [2.45, 2.75) is 0 Å². The van der Waals surface area contributed by atoms with Gasteiger partial charge in [-0.1, -0.05) is 0 Å². The average Bonchev–Trinajstić information content (AvgIpc) is 2.48. The van der Waals surface area contributed by atoms with Crippen molar-refractivity contribution in [3.8, 4) is 0 Å². The van der Waals surface area contributed by atoms with E-state index in [9.17, 15) is 14.3 Å². The number of rotatable bonds is 1. The van der Waals surface area contributed by atoms with E-state index in [1.165, 1.54) is 18.3 Å². The largest absolute Gasteiger partial charge is 1.00 e. The molecule has 0 unspecified atom stereocenters. The van der Waals surface area contributed by atoms with Crippen molar-refractivity contribution in [2.75, 3.05) is 0 Å². The Kier molecular flexibility index (Phi) is 3.20. The number of carbonyl (C=O) groups excluding carboxylic acids is 1. The number of carboxylic acids is 1. The van der Waals surface area contributed by atoms with E-state index in [-0.39, 0.29) is 35.2 Å². The predicted octanol–water partition coefficient (Wildman–Crippen LogP) is -3.76. The molecule has 0 bridgehead atoms. The van der Waals surface area contributed by atoms with E-state index in [0.717, 1.165) is 4.40 Å². The van der Waals surface area contributed by atoms with Crippen molar-refractivity contribution in [3.63, 3.8) is 0 Å². The van der Waals surface area contributed by atoms with Crippen LogP contribution in [-0.4, -0.2) is 20.6 Å². The first-order chi connectivity index (χ1) is 6.20. The third-order valence-electron chi connectivity index (χ3n) is 1.57. The first-order valence-corrected chi connectivity index (χ1v) is 3.41. The standard InChI is InChI=1S/C7H4FN3O2.Na/c8-4-2-1-3-11-5(4)9-10-6(11)7(12)13;/h1-3H,(H,12,13);/q;+1/p-1. The smallest absolute Gasteiger partial charge is 0.541 e. The number of aromatic carboxylic acids is 1. The molecule has 0 saturated heterocycles. The average molecular weight is 203 g/mol. The van der Waals surface area contributed by atoms with E-state index < -0.39 is 17.6 Å². The summed E-state index contributed by atoms with van der Waals surface area (Å²) in [7, 11) is 0. The zero-order chi connectivity index (χ0) is 9.42. The van der Waals surface area contributed by atoms with Crippen LogP contribution < -0.4 is 34.7 Å². The predicted molar refractivity (Wildman–Crippen MR) is 37.3 cm³/mol. The van der Waals surface area contributed by atoms with Crippen molar-refractivity contribution in [2.24, 2.45) is 0 Å². The fourth-order valence-electron chi connectivity index (χ4n) is 1.02. The Hall–Kier alpha value is -0.980. The van der Waals surface area contributed by atoms with Crippen LogP contribution in [0.4, 0.5) is 4.39 Å². The van der Waals surface area contributed by atoms with Crippen molar-refractivity contribution < 1.29 is 43.8 Å². The fourth-order valence-corrected chi connectivity index (χ4v) is 1.02. The molecule has 2 heterocycles. The summed E-state index contributed by atoms with van der Waals surface area (Å²) < 4.78 is 13.9. The van der Waals surface area contributed by atoms with Crippen LogP contribution in [0.5, 0.6) is 0 Å². The number of carboxylic acid groups (broad SMARTS) is 1. The van der Waals surface area contributed by atoms with Gasteiger partial charge in [0.15, 0.2) is 17.3 Å². The summed E-state index contributed by atoms with van der Waals surface area (Å²) >= 11 is 0. The Morgan fingerprint density at radius 3 is 2.86 bits per heavy atom. The number of carbonyl (C=O) groups is 1. The van der Waals surface area contributed by atoms with Crippen molar-refractivity contribution in [3.05, 3.63) is 30.0 Å². The first-order valence-electron chi connectivity index (χ1n) is 3.41. The summed E-state index contributed by atoms with van der Waals surface area (Å²) in [4.78, 5) is 10.4. The van der Waals surface area contributed by atoms with E-state index in [2.05, 4.69) is 10.2 Å². The molecule has 0 atom stereocenters. The minimum Gasteiger partial charge on any atom is -0.541 e. The summed E-state index contributed by atoms with van der Waals surface area (Å²) in [5.41, 5.74) is -0.123. The van der Waals surface area contributed by atoms with E-state index in [0.29, 0.717) is 0 Å². The molecule has 0 amide bonds. The van der Waals surface area contributed by atoms with Gasteiger partial charge in [-0.05, 0) is 12.1 Å². The topological polar surface area (TPSA) is 70.3 Å². The molecule has 0 aliphatic heterocycles. The first kappa shape index (κ1) is 11.1. The van der Waals surface area contributed by atoms with Crippen molar-refractivity contribution >= 4 is 11.6 Å². The zero-order valence-electron chi connectivity index (χ0n) is 7.27. The van der Waals surface area contributed by atoms with Gasteiger partial charge in [0, 0.05) is 6.20 Å². The van der Waals surface area contributed by atoms with Gasteiger partial charge in [0.05, 0.1) is 0 Å².